The highest BCUT2D eigenvalue weighted by Crippen LogP contribution is 2.31. The summed E-state index contributed by atoms with van der Waals surface area (Å²) in [6, 6.07) is 1.98. The highest BCUT2D eigenvalue weighted by atomic mass is 19.1. The van der Waals surface area contributed by atoms with E-state index in [2.05, 4.69) is 16.9 Å². The first-order valence-corrected chi connectivity index (χ1v) is 5.01. The molecule has 0 aromatic carbocycles. The Kier molecular flexibility index (Phi) is 2.50. The van der Waals surface area contributed by atoms with Crippen LogP contribution in [-0.4, -0.2) is 23.5 Å². The van der Waals surface area contributed by atoms with Gasteiger partial charge in [0.2, 0.25) is 0 Å². The van der Waals surface area contributed by atoms with E-state index in [1.807, 2.05) is 6.92 Å². The number of hydrogen-bond donors (Lipinski definition) is 0. The first kappa shape index (κ1) is 9.59. The Hall–Kier alpha value is -0.960. The molecule has 1 aliphatic heterocycles. The van der Waals surface area contributed by atoms with Crippen molar-refractivity contribution in [3.05, 3.63) is 29.3 Å². The summed E-state index contributed by atoms with van der Waals surface area (Å²) in [6.45, 7) is 3.04. The SMILES string of the molecule is Cc1ncc(F)cc1C1CCCN1C. The number of halogens is 1. The molecule has 1 aromatic heterocycles. The minimum absolute atomic E-state index is 0.231. The summed E-state index contributed by atoms with van der Waals surface area (Å²) in [5, 5.41) is 0. The molecule has 2 nitrogen and oxygen atoms in total. The predicted octanol–water partition coefficient (Wildman–Crippen LogP) is 2.30. The molecule has 3 heteroatoms. The molecule has 1 atom stereocenters. The third-order valence-electron chi connectivity index (χ3n) is 2.97. The number of hydrogen-bond acceptors (Lipinski definition) is 2. The molecule has 0 aliphatic carbocycles. The summed E-state index contributed by atoms with van der Waals surface area (Å²) in [4.78, 5) is 6.32. The van der Waals surface area contributed by atoms with Crippen LogP contribution in [0, 0.1) is 12.7 Å². The van der Waals surface area contributed by atoms with Gasteiger partial charge in [0.05, 0.1) is 6.20 Å². The van der Waals surface area contributed by atoms with Gasteiger partial charge in [-0.15, -0.1) is 0 Å². The largest absolute Gasteiger partial charge is 0.299 e. The molecule has 14 heavy (non-hydrogen) atoms. The molecule has 2 heterocycles. The summed E-state index contributed by atoms with van der Waals surface area (Å²) < 4.78 is 13.0. The summed E-state index contributed by atoms with van der Waals surface area (Å²) in [5.41, 5.74) is 2.00. The van der Waals surface area contributed by atoms with Gasteiger partial charge in [0.25, 0.3) is 0 Å². The summed E-state index contributed by atoms with van der Waals surface area (Å²) >= 11 is 0. The second-order valence-electron chi connectivity index (χ2n) is 3.97. The molecule has 1 saturated heterocycles. The Morgan fingerprint density at radius 1 is 1.57 bits per heavy atom. The first-order chi connectivity index (χ1) is 6.68. The average molecular weight is 194 g/mol. The molecule has 2 rings (SSSR count). The van der Waals surface area contributed by atoms with E-state index in [9.17, 15) is 4.39 Å². The van der Waals surface area contributed by atoms with Crippen LogP contribution < -0.4 is 0 Å². The lowest BCUT2D eigenvalue weighted by atomic mass is 10.0. The zero-order valence-electron chi connectivity index (χ0n) is 8.63. The van der Waals surface area contributed by atoms with Crippen molar-refractivity contribution in [3.63, 3.8) is 0 Å². The highest BCUT2D eigenvalue weighted by molar-refractivity contribution is 5.24. The molecule has 0 bridgehead atoms. The standard InChI is InChI=1S/C11H15FN2/c1-8-10(6-9(12)7-13-8)11-4-3-5-14(11)2/h6-7,11H,3-5H2,1-2H3. The topological polar surface area (TPSA) is 16.1 Å². The van der Waals surface area contributed by atoms with Crippen molar-refractivity contribution in [1.82, 2.24) is 9.88 Å². The van der Waals surface area contributed by atoms with E-state index in [1.165, 1.54) is 12.6 Å². The Morgan fingerprint density at radius 2 is 2.36 bits per heavy atom. The lowest BCUT2D eigenvalue weighted by Gasteiger charge is -2.20. The van der Waals surface area contributed by atoms with Crippen LogP contribution in [-0.2, 0) is 0 Å². The van der Waals surface area contributed by atoms with E-state index in [1.54, 1.807) is 6.07 Å². The number of pyridine rings is 1. The minimum Gasteiger partial charge on any atom is -0.299 e. The second-order valence-corrected chi connectivity index (χ2v) is 3.97. The van der Waals surface area contributed by atoms with Crippen molar-refractivity contribution in [2.45, 2.75) is 25.8 Å². The van der Waals surface area contributed by atoms with Gasteiger partial charge in [-0.1, -0.05) is 0 Å². The van der Waals surface area contributed by atoms with Crippen molar-refractivity contribution in [2.75, 3.05) is 13.6 Å². The number of rotatable bonds is 1. The number of likely N-dealkylation sites (tertiary alicyclic amines) is 1. The van der Waals surface area contributed by atoms with E-state index < -0.39 is 0 Å². The van der Waals surface area contributed by atoms with E-state index in [4.69, 9.17) is 0 Å². The Balaban J connectivity index is 2.34. The number of aryl methyl sites for hydroxylation is 1. The van der Waals surface area contributed by atoms with E-state index in [0.29, 0.717) is 6.04 Å². The van der Waals surface area contributed by atoms with Gasteiger partial charge in [-0.05, 0) is 45.0 Å². The van der Waals surface area contributed by atoms with E-state index >= 15 is 0 Å². The molecule has 76 valence electrons. The van der Waals surface area contributed by atoms with Crippen molar-refractivity contribution in [1.29, 1.82) is 0 Å². The van der Waals surface area contributed by atoms with Crippen molar-refractivity contribution in [3.8, 4) is 0 Å². The van der Waals surface area contributed by atoms with Gasteiger partial charge >= 0.3 is 0 Å². The van der Waals surface area contributed by atoms with Gasteiger partial charge in [-0.25, -0.2) is 4.39 Å². The molecule has 1 aromatic rings. The van der Waals surface area contributed by atoms with Crippen LogP contribution in [0.2, 0.25) is 0 Å². The quantitative estimate of drug-likeness (QED) is 0.682. The predicted molar refractivity (Wildman–Crippen MR) is 53.5 cm³/mol. The molecule has 0 N–H and O–H groups in total. The molecule has 0 radical (unpaired) electrons. The van der Waals surface area contributed by atoms with Crippen LogP contribution in [0.4, 0.5) is 4.39 Å². The second kappa shape index (κ2) is 3.65. The van der Waals surface area contributed by atoms with Gasteiger partial charge < -0.3 is 0 Å². The van der Waals surface area contributed by atoms with Gasteiger partial charge in [0.15, 0.2) is 0 Å². The monoisotopic (exact) mass is 194 g/mol. The minimum atomic E-state index is -0.231. The normalized spacial score (nSPS) is 22.9. The zero-order valence-corrected chi connectivity index (χ0v) is 8.63. The van der Waals surface area contributed by atoms with Gasteiger partial charge in [-0.2, -0.15) is 0 Å². The molecule has 1 fully saturated rings. The first-order valence-electron chi connectivity index (χ1n) is 5.01. The summed E-state index contributed by atoms with van der Waals surface area (Å²) in [6.07, 6.45) is 3.59. The van der Waals surface area contributed by atoms with Crippen LogP contribution in [0.3, 0.4) is 0 Å². The summed E-state index contributed by atoms with van der Waals surface area (Å²) in [5.74, 6) is -0.231. The fourth-order valence-corrected chi connectivity index (χ4v) is 2.16. The third-order valence-corrected chi connectivity index (χ3v) is 2.97. The number of nitrogens with zero attached hydrogens (tertiary/aromatic N) is 2. The number of aromatic nitrogens is 1. The smallest absolute Gasteiger partial charge is 0.141 e. The fraction of sp³-hybridized carbons (Fsp3) is 0.545. The lowest BCUT2D eigenvalue weighted by molar-refractivity contribution is 0.315. The summed E-state index contributed by atoms with van der Waals surface area (Å²) in [7, 11) is 2.09. The van der Waals surface area contributed by atoms with Crippen molar-refractivity contribution >= 4 is 0 Å². The van der Waals surface area contributed by atoms with Crippen LogP contribution >= 0.6 is 0 Å². The Morgan fingerprint density at radius 3 is 3.00 bits per heavy atom. The zero-order chi connectivity index (χ0) is 10.1. The lowest BCUT2D eigenvalue weighted by Crippen LogP contribution is -2.18. The Bertz CT molecular complexity index is 338. The van der Waals surface area contributed by atoms with Gasteiger partial charge in [0.1, 0.15) is 5.82 Å². The molecule has 0 spiro atoms. The fourth-order valence-electron chi connectivity index (χ4n) is 2.16. The van der Waals surface area contributed by atoms with Crippen LogP contribution in [0.15, 0.2) is 12.3 Å². The maximum Gasteiger partial charge on any atom is 0.141 e. The molecule has 0 amide bonds. The average Bonchev–Trinajstić information content (AvgIpc) is 2.56. The molecule has 1 aliphatic rings. The maximum absolute atomic E-state index is 13.0. The van der Waals surface area contributed by atoms with Crippen molar-refractivity contribution < 1.29 is 4.39 Å². The maximum atomic E-state index is 13.0. The third kappa shape index (κ3) is 1.64. The van der Waals surface area contributed by atoms with Gasteiger partial charge in [-0.3, -0.25) is 9.88 Å². The van der Waals surface area contributed by atoms with E-state index in [-0.39, 0.29) is 5.82 Å². The highest BCUT2D eigenvalue weighted by Gasteiger charge is 2.24. The molecule has 0 saturated carbocycles. The van der Waals surface area contributed by atoms with E-state index in [0.717, 1.165) is 24.2 Å². The Labute approximate surface area is 83.8 Å². The van der Waals surface area contributed by atoms with Crippen LogP contribution in [0.1, 0.15) is 30.1 Å². The molecule has 1 unspecified atom stereocenters. The molecular weight excluding hydrogens is 179 g/mol. The van der Waals surface area contributed by atoms with Gasteiger partial charge in [0, 0.05) is 11.7 Å². The van der Waals surface area contributed by atoms with Crippen LogP contribution in [0.25, 0.3) is 0 Å². The van der Waals surface area contributed by atoms with Crippen LogP contribution in [0.5, 0.6) is 0 Å². The molecular formula is C11H15FN2. The van der Waals surface area contributed by atoms with Crippen molar-refractivity contribution in [2.24, 2.45) is 0 Å².